The molecule has 0 bridgehead atoms. The summed E-state index contributed by atoms with van der Waals surface area (Å²) in [6.45, 7) is 1.78. The Morgan fingerprint density at radius 3 is 2.50 bits per heavy atom. The van der Waals surface area contributed by atoms with Gasteiger partial charge in [-0.25, -0.2) is 8.42 Å². The van der Waals surface area contributed by atoms with Crippen LogP contribution < -0.4 is 10.5 Å². The van der Waals surface area contributed by atoms with Crippen molar-refractivity contribution >= 4 is 48.9 Å². The van der Waals surface area contributed by atoms with E-state index < -0.39 is 10.0 Å². The highest BCUT2D eigenvalue weighted by Crippen LogP contribution is 2.28. The first kappa shape index (κ1) is 15.2. The van der Waals surface area contributed by atoms with E-state index in [1.807, 2.05) is 0 Å². The van der Waals surface area contributed by atoms with Crippen LogP contribution in [0.2, 0.25) is 5.02 Å². The topological polar surface area (TPSA) is 72.2 Å². The lowest BCUT2D eigenvalue weighted by molar-refractivity contribution is 0.600. The van der Waals surface area contributed by atoms with Gasteiger partial charge in [0.2, 0.25) is 0 Å². The Labute approximate surface area is 131 Å². The first-order valence-corrected chi connectivity index (χ1v) is 8.29. The van der Waals surface area contributed by atoms with Crippen molar-refractivity contribution in [2.24, 2.45) is 0 Å². The molecule has 0 aliphatic heterocycles. The van der Waals surface area contributed by atoms with E-state index in [2.05, 4.69) is 20.7 Å². The third kappa shape index (κ3) is 3.26. The summed E-state index contributed by atoms with van der Waals surface area (Å²) in [6, 6.07) is 9.48. The second kappa shape index (κ2) is 5.63. The van der Waals surface area contributed by atoms with Gasteiger partial charge in [-0.3, -0.25) is 4.72 Å². The Bertz CT molecular complexity index is 763. The van der Waals surface area contributed by atoms with E-state index in [1.54, 1.807) is 31.2 Å². The number of halogens is 2. The van der Waals surface area contributed by atoms with Crippen molar-refractivity contribution in [2.45, 2.75) is 11.8 Å². The number of nitrogens with one attached hydrogen (secondary N) is 1. The van der Waals surface area contributed by atoms with Crippen molar-refractivity contribution in [3.63, 3.8) is 0 Å². The van der Waals surface area contributed by atoms with Gasteiger partial charge in [0.25, 0.3) is 10.0 Å². The lowest BCUT2D eigenvalue weighted by atomic mass is 10.2. The molecule has 4 nitrogen and oxygen atoms in total. The third-order valence-corrected chi connectivity index (χ3v) is 5.26. The van der Waals surface area contributed by atoms with Crippen LogP contribution in [0.25, 0.3) is 0 Å². The molecule has 106 valence electrons. The molecule has 0 aliphatic carbocycles. The molecule has 0 heterocycles. The molecule has 7 heteroatoms. The summed E-state index contributed by atoms with van der Waals surface area (Å²) in [5.41, 5.74) is 7.32. The molecule has 0 atom stereocenters. The average molecular weight is 376 g/mol. The Balaban J connectivity index is 2.41. The standard InChI is InChI=1S/C13H12BrClN2O2S/c1-8-6-9(15)2-4-12(8)17-20(18,19)13-5-3-10(16)7-11(13)14/h2-7,17H,16H2,1H3. The van der Waals surface area contributed by atoms with E-state index in [-0.39, 0.29) is 4.90 Å². The molecule has 0 amide bonds. The van der Waals surface area contributed by atoms with Gasteiger partial charge in [0, 0.05) is 15.2 Å². The van der Waals surface area contributed by atoms with Crippen LogP contribution in [0, 0.1) is 6.92 Å². The minimum Gasteiger partial charge on any atom is -0.399 e. The second-order valence-corrected chi connectivity index (χ2v) is 7.20. The van der Waals surface area contributed by atoms with Gasteiger partial charge in [0.15, 0.2) is 0 Å². The molecule has 20 heavy (non-hydrogen) atoms. The van der Waals surface area contributed by atoms with E-state index in [9.17, 15) is 8.42 Å². The Morgan fingerprint density at radius 2 is 1.90 bits per heavy atom. The van der Waals surface area contributed by atoms with Crippen molar-refractivity contribution in [1.29, 1.82) is 0 Å². The molecule has 0 saturated carbocycles. The van der Waals surface area contributed by atoms with Gasteiger partial charge in [-0.15, -0.1) is 0 Å². The zero-order valence-electron chi connectivity index (χ0n) is 10.5. The van der Waals surface area contributed by atoms with Crippen molar-refractivity contribution < 1.29 is 8.42 Å². The van der Waals surface area contributed by atoms with Gasteiger partial charge in [-0.2, -0.15) is 0 Å². The van der Waals surface area contributed by atoms with Crippen LogP contribution in [0.15, 0.2) is 45.8 Å². The van der Waals surface area contributed by atoms with Gasteiger partial charge >= 0.3 is 0 Å². The van der Waals surface area contributed by atoms with Gasteiger partial charge in [-0.1, -0.05) is 11.6 Å². The molecule has 2 aromatic carbocycles. The van der Waals surface area contributed by atoms with Gasteiger partial charge in [0.05, 0.1) is 5.69 Å². The van der Waals surface area contributed by atoms with E-state index in [1.165, 1.54) is 12.1 Å². The van der Waals surface area contributed by atoms with Crippen molar-refractivity contribution in [3.8, 4) is 0 Å². The summed E-state index contributed by atoms with van der Waals surface area (Å²) in [6.07, 6.45) is 0. The number of hydrogen-bond donors (Lipinski definition) is 2. The van der Waals surface area contributed by atoms with Crippen molar-refractivity contribution in [3.05, 3.63) is 51.5 Å². The molecular weight excluding hydrogens is 364 g/mol. The molecule has 2 rings (SSSR count). The molecule has 0 saturated heterocycles. The lowest BCUT2D eigenvalue weighted by Gasteiger charge is -2.12. The highest BCUT2D eigenvalue weighted by atomic mass is 79.9. The summed E-state index contributed by atoms with van der Waals surface area (Å²) in [4.78, 5) is 0.126. The molecule has 0 spiro atoms. The summed E-state index contributed by atoms with van der Waals surface area (Å²) in [7, 11) is -3.69. The SMILES string of the molecule is Cc1cc(Cl)ccc1NS(=O)(=O)c1ccc(N)cc1Br. The highest BCUT2D eigenvalue weighted by Gasteiger charge is 2.18. The van der Waals surface area contributed by atoms with Gasteiger partial charge < -0.3 is 5.73 Å². The van der Waals surface area contributed by atoms with Crippen LogP contribution >= 0.6 is 27.5 Å². The first-order valence-electron chi connectivity index (χ1n) is 5.63. The van der Waals surface area contributed by atoms with Gasteiger partial charge in [0.1, 0.15) is 4.90 Å². The number of hydrogen-bond acceptors (Lipinski definition) is 3. The average Bonchev–Trinajstić information content (AvgIpc) is 2.32. The molecular formula is C13H12BrClN2O2S. The number of sulfonamides is 1. The van der Waals surface area contributed by atoms with Crippen molar-refractivity contribution in [1.82, 2.24) is 0 Å². The molecule has 0 unspecified atom stereocenters. The zero-order valence-corrected chi connectivity index (χ0v) is 13.7. The quantitative estimate of drug-likeness (QED) is 0.802. The molecule has 0 aromatic heterocycles. The maximum Gasteiger partial charge on any atom is 0.263 e. The van der Waals surface area contributed by atoms with E-state index in [0.29, 0.717) is 20.9 Å². The van der Waals surface area contributed by atoms with Crippen LogP contribution in [-0.4, -0.2) is 8.42 Å². The number of nitrogens with two attached hydrogens (primary N) is 1. The fraction of sp³-hybridized carbons (Fsp3) is 0.0769. The number of anilines is 2. The summed E-state index contributed by atoms with van der Waals surface area (Å²) in [5, 5.41) is 0.555. The van der Waals surface area contributed by atoms with Gasteiger partial charge in [-0.05, 0) is 64.8 Å². The number of benzene rings is 2. The van der Waals surface area contributed by atoms with E-state index >= 15 is 0 Å². The molecule has 3 N–H and O–H groups in total. The molecule has 0 radical (unpaired) electrons. The molecule has 2 aromatic rings. The Kier molecular flexibility index (Phi) is 4.27. The van der Waals surface area contributed by atoms with Crippen LogP contribution in [0.3, 0.4) is 0 Å². The van der Waals surface area contributed by atoms with E-state index in [0.717, 1.165) is 5.56 Å². The van der Waals surface area contributed by atoms with Crippen LogP contribution in [0.4, 0.5) is 11.4 Å². The first-order chi connectivity index (χ1) is 9.29. The summed E-state index contributed by atoms with van der Waals surface area (Å²) < 4.78 is 27.7. The normalized spacial score (nSPS) is 11.3. The minimum atomic E-state index is -3.69. The highest BCUT2D eigenvalue weighted by molar-refractivity contribution is 9.10. The predicted octanol–water partition coefficient (Wildman–Crippen LogP) is 3.79. The second-order valence-electron chi connectivity index (χ2n) is 4.25. The van der Waals surface area contributed by atoms with Crippen molar-refractivity contribution in [2.75, 3.05) is 10.5 Å². The number of aryl methyl sites for hydroxylation is 1. The summed E-state index contributed by atoms with van der Waals surface area (Å²) >= 11 is 9.06. The van der Waals surface area contributed by atoms with Crippen LogP contribution in [-0.2, 0) is 10.0 Å². The monoisotopic (exact) mass is 374 g/mol. The van der Waals surface area contributed by atoms with Crippen LogP contribution in [0.1, 0.15) is 5.56 Å². The Morgan fingerprint density at radius 1 is 1.20 bits per heavy atom. The third-order valence-electron chi connectivity index (χ3n) is 2.68. The smallest absolute Gasteiger partial charge is 0.263 e. The minimum absolute atomic E-state index is 0.126. The lowest BCUT2D eigenvalue weighted by Crippen LogP contribution is -2.14. The largest absolute Gasteiger partial charge is 0.399 e. The predicted molar refractivity (Wildman–Crippen MR) is 85.6 cm³/mol. The number of rotatable bonds is 3. The Hall–Kier alpha value is -1.24. The maximum absolute atomic E-state index is 12.4. The fourth-order valence-electron chi connectivity index (χ4n) is 1.68. The molecule has 0 aliphatic rings. The zero-order chi connectivity index (χ0) is 14.9. The number of nitrogen functional groups attached to an aromatic ring is 1. The van der Waals surface area contributed by atoms with Crippen LogP contribution in [0.5, 0.6) is 0 Å². The fourth-order valence-corrected chi connectivity index (χ4v) is 4.13. The maximum atomic E-state index is 12.4. The van der Waals surface area contributed by atoms with E-state index in [4.69, 9.17) is 17.3 Å². The summed E-state index contributed by atoms with van der Waals surface area (Å²) in [5.74, 6) is 0. The molecule has 0 fully saturated rings.